The molecule has 0 saturated carbocycles. The number of ether oxygens (including phenoxy) is 1. The molecule has 2 unspecified atom stereocenters. The zero-order valence-electron chi connectivity index (χ0n) is 13.0. The third-order valence-corrected chi connectivity index (χ3v) is 5.36. The van der Waals surface area contributed by atoms with Crippen molar-refractivity contribution in [2.24, 2.45) is 11.7 Å². The molecule has 1 aliphatic heterocycles. The van der Waals surface area contributed by atoms with Crippen molar-refractivity contribution in [3.8, 4) is 0 Å². The number of thiophene rings is 1. The average molecular weight is 296 g/mol. The molecule has 0 radical (unpaired) electrons. The van der Waals surface area contributed by atoms with Crippen molar-refractivity contribution in [2.45, 2.75) is 45.2 Å². The molecule has 0 amide bonds. The highest BCUT2D eigenvalue weighted by Gasteiger charge is 2.27. The standard InChI is InChI=1S/C16H28N2OS/c1-4-14(17)16(15-6-5-12(2)20-15)18(3)11-13-7-9-19-10-8-13/h5-6,13-14,16H,4,7-11,17H2,1-3H3. The molecular weight excluding hydrogens is 268 g/mol. The topological polar surface area (TPSA) is 38.5 Å². The van der Waals surface area contributed by atoms with E-state index < -0.39 is 0 Å². The van der Waals surface area contributed by atoms with Crippen molar-refractivity contribution in [2.75, 3.05) is 26.8 Å². The van der Waals surface area contributed by atoms with Gasteiger partial charge in [-0.15, -0.1) is 11.3 Å². The van der Waals surface area contributed by atoms with E-state index in [2.05, 4.69) is 37.9 Å². The van der Waals surface area contributed by atoms with Gasteiger partial charge in [-0.25, -0.2) is 0 Å². The highest BCUT2D eigenvalue weighted by Crippen LogP contribution is 2.31. The fourth-order valence-corrected chi connectivity index (χ4v) is 4.16. The van der Waals surface area contributed by atoms with Gasteiger partial charge in [-0.2, -0.15) is 0 Å². The molecule has 0 aromatic carbocycles. The molecule has 1 saturated heterocycles. The highest BCUT2D eigenvalue weighted by molar-refractivity contribution is 7.12. The molecular formula is C16H28N2OS. The summed E-state index contributed by atoms with van der Waals surface area (Å²) in [5.41, 5.74) is 6.40. The summed E-state index contributed by atoms with van der Waals surface area (Å²) in [5.74, 6) is 0.751. The van der Waals surface area contributed by atoms with Crippen LogP contribution < -0.4 is 5.73 Å². The Morgan fingerprint density at radius 1 is 1.40 bits per heavy atom. The summed E-state index contributed by atoms with van der Waals surface area (Å²) in [5, 5.41) is 0. The zero-order valence-corrected chi connectivity index (χ0v) is 13.8. The van der Waals surface area contributed by atoms with Gasteiger partial charge in [0.15, 0.2) is 0 Å². The molecule has 114 valence electrons. The molecule has 3 nitrogen and oxygen atoms in total. The van der Waals surface area contributed by atoms with Crippen molar-refractivity contribution >= 4 is 11.3 Å². The fourth-order valence-electron chi connectivity index (χ4n) is 3.04. The Hall–Kier alpha value is -0.420. The Labute approximate surface area is 127 Å². The van der Waals surface area contributed by atoms with Gasteiger partial charge in [-0.1, -0.05) is 6.92 Å². The van der Waals surface area contributed by atoms with E-state index in [1.165, 1.54) is 22.6 Å². The summed E-state index contributed by atoms with van der Waals surface area (Å²) < 4.78 is 5.46. The van der Waals surface area contributed by atoms with E-state index in [0.29, 0.717) is 6.04 Å². The first-order chi connectivity index (χ1) is 9.61. The first kappa shape index (κ1) is 16.0. The van der Waals surface area contributed by atoms with Gasteiger partial charge in [-0.05, 0) is 51.3 Å². The maximum Gasteiger partial charge on any atom is 0.0591 e. The number of likely N-dealkylation sites (N-methyl/N-ethyl adjacent to an activating group) is 1. The predicted octanol–water partition coefficient (Wildman–Crippen LogP) is 3.19. The maximum absolute atomic E-state index is 6.40. The Balaban J connectivity index is 2.05. The fraction of sp³-hybridized carbons (Fsp3) is 0.750. The smallest absolute Gasteiger partial charge is 0.0591 e. The van der Waals surface area contributed by atoms with Gasteiger partial charge in [0.05, 0.1) is 6.04 Å². The average Bonchev–Trinajstić information content (AvgIpc) is 2.86. The molecule has 2 atom stereocenters. The van der Waals surface area contributed by atoms with Crippen LogP contribution in [0.1, 0.15) is 42.0 Å². The van der Waals surface area contributed by atoms with Gasteiger partial charge in [-0.3, -0.25) is 4.90 Å². The molecule has 1 aromatic heterocycles. The molecule has 20 heavy (non-hydrogen) atoms. The van der Waals surface area contributed by atoms with Crippen LogP contribution in [0.15, 0.2) is 12.1 Å². The first-order valence-corrected chi connectivity index (χ1v) is 8.53. The van der Waals surface area contributed by atoms with Crippen LogP contribution in [-0.4, -0.2) is 37.7 Å². The van der Waals surface area contributed by atoms with Crippen LogP contribution in [0.5, 0.6) is 0 Å². The van der Waals surface area contributed by atoms with E-state index >= 15 is 0 Å². The molecule has 1 aromatic rings. The second-order valence-corrected chi connectivity index (χ2v) is 7.28. The Morgan fingerprint density at radius 2 is 2.10 bits per heavy atom. The van der Waals surface area contributed by atoms with E-state index in [-0.39, 0.29) is 6.04 Å². The van der Waals surface area contributed by atoms with Crippen molar-refractivity contribution in [1.82, 2.24) is 4.90 Å². The third kappa shape index (κ3) is 4.04. The molecule has 0 bridgehead atoms. The van der Waals surface area contributed by atoms with Crippen LogP contribution in [0.3, 0.4) is 0 Å². The van der Waals surface area contributed by atoms with E-state index in [1.54, 1.807) is 0 Å². The van der Waals surface area contributed by atoms with E-state index in [1.807, 2.05) is 11.3 Å². The first-order valence-electron chi connectivity index (χ1n) is 7.71. The summed E-state index contributed by atoms with van der Waals surface area (Å²) in [7, 11) is 2.23. The van der Waals surface area contributed by atoms with Crippen LogP contribution in [0.2, 0.25) is 0 Å². The minimum atomic E-state index is 0.206. The minimum absolute atomic E-state index is 0.206. The number of nitrogens with zero attached hydrogens (tertiary/aromatic N) is 1. The van der Waals surface area contributed by atoms with Crippen LogP contribution in [-0.2, 0) is 4.74 Å². The number of hydrogen-bond acceptors (Lipinski definition) is 4. The lowest BCUT2D eigenvalue weighted by Gasteiger charge is -2.35. The van der Waals surface area contributed by atoms with Gasteiger partial charge in [0.2, 0.25) is 0 Å². The summed E-state index contributed by atoms with van der Waals surface area (Å²) in [6.45, 7) is 7.31. The van der Waals surface area contributed by atoms with Crippen LogP contribution in [0, 0.1) is 12.8 Å². The molecule has 1 fully saturated rings. The molecule has 4 heteroatoms. The summed E-state index contributed by atoms with van der Waals surface area (Å²) in [4.78, 5) is 5.24. The number of hydrogen-bond donors (Lipinski definition) is 1. The summed E-state index contributed by atoms with van der Waals surface area (Å²) >= 11 is 1.88. The summed E-state index contributed by atoms with van der Waals surface area (Å²) in [6, 6.07) is 5.01. The van der Waals surface area contributed by atoms with Gasteiger partial charge >= 0.3 is 0 Å². The van der Waals surface area contributed by atoms with Crippen molar-refractivity contribution in [1.29, 1.82) is 0 Å². The van der Waals surface area contributed by atoms with E-state index in [4.69, 9.17) is 10.5 Å². The van der Waals surface area contributed by atoms with Crippen molar-refractivity contribution < 1.29 is 4.74 Å². The maximum atomic E-state index is 6.40. The Morgan fingerprint density at radius 3 is 2.65 bits per heavy atom. The lowest BCUT2D eigenvalue weighted by molar-refractivity contribution is 0.0484. The van der Waals surface area contributed by atoms with Gasteiger partial charge in [0.25, 0.3) is 0 Å². The van der Waals surface area contributed by atoms with E-state index in [9.17, 15) is 0 Å². The highest BCUT2D eigenvalue weighted by atomic mass is 32.1. The van der Waals surface area contributed by atoms with Gasteiger partial charge in [0, 0.05) is 35.6 Å². The largest absolute Gasteiger partial charge is 0.381 e. The second kappa shape index (κ2) is 7.55. The number of rotatable bonds is 6. The van der Waals surface area contributed by atoms with Crippen molar-refractivity contribution in [3.63, 3.8) is 0 Å². The number of nitrogens with two attached hydrogens (primary N) is 1. The summed E-state index contributed by atoms with van der Waals surface area (Å²) in [6.07, 6.45) is 3.38. The minimum Gasteiger partial charge on any atom is -0.381 e. The van der Waals surface area contributed by atoms with Crippen LogP contribution in [0.25, 0.3) is 0 Å². The van der Waals surface area contributed by atoms with Gasteiger partial charge in [0.1, 0.15) is 0 Å². The quantitative estimate of drug-likeness (QED) is 0.876. The van der Waals surface area contributed by atoms with Crippen LogP contribution >= 0.6 is 11.3 Å². The number of aryl methyl sites for hydroxylation is 1. The Bertz CT molecular complexity index is 401. The normalized spacial score (nSPS) is 20.2. The zero-order chi connectivity index (χ0) is 14.5. The monoisotopic (exact) mass is 296 g/mol. The van der Waals surface area contributed by atoms with Crippen molar-refractivity contribution in [3.05, 3.63) is 21.9 Å². The molecule has 0 aliphatic carbocycles. The second-order valence-electron chi connectivity index (χ2n) is 5.96. The molecule has 2 N–H and O–H groups in total. The third-order valence-electron chi connectivity index (χ3n) is 4.29. The molecule has 2 heterocycles. The lowest BCUT2D eigenvalue weighted by atomic mass is 9.97. The lowest BCUT2D eigenvalue weighted by Crippen LogP contribution is -2.41. The molecule has 2 rings (SSSR count). The molecule has 0 spiro atoms. The SMILES string of the molecule is CCC(N)C(c1ccc(C)s1)N(C)CC1CCOCC1. The molecule has 1 aliphatic rings. The Kier molecular flexibility index (Phi) is 6.02. The van der Waals surface area contributed by atoms with Crippen LogP contribution in [0.4, 0.5) is 0 Å². The van der Waals surface area contributed by atoms with E-state index in [0.717, 1.165) is 32.1 Å². The predicted molar refractivity (Wildman–Crippen MR) is 86.2 cm³/mol. The van der Waals surface area contributed by atoms with Gasteiger partial charge < -0.3 is 10.5 Å².